The van der Waals surface area contributed by atoms with Crippen LogP contribution < -0.4 is 4.74 Å². The summed E-state index contributed by atoms with van der Waals surface area (Å²) in [4.78, 5) is 12.2. The Morgan fingerprint density at radius 3 is 2.48 bits per heavy atom. The van der Waals surface area contributed by atoms with Crippen LogP contribution in [0.15, 0.2) is 36.9 Å². The normalized spacial score (nSPS) is 13.7. The number of methoxy groups -OCH3 is 1. The summed E-state index contributed by atoms with van der Waals surface area (Å²) in [7, 11) is 1.55. The third kappa shape index (κ3) is 4.35. The Kier molecular flexibility index (Phi) is 5.54. The van der Waals surface area contributed by atoms with E-state index >= 15 is 0 Å². The average molecular weight is 287 g/mol. The van der Waals surface area contributed by atoms with Crippen LogP contribution in [-0.4, -0.2) is 18.7 Å². The van der Waals surface area contributed by atoms with E-state index in [1.165, 1.54) is 0 Å². The molecule has 0 heterocycles. The van der Waals surface area contributed by atoms with Crippen molar-refractivity contribution in [2.24, 2.45) is 5.92 Å². The summed E-state index contributed by atoms with van der Waals surface area (Å²) in [5, 5.41) is 9.38. The van der Waals surface area contributed by atoms with Gasteiger partial charge in [0.25, 0.3) is 0 Å². The molecule has 2 unspecified atom stereocenters. The molecule has 0 aliphatic rings. The van der Waals surface area contributed by atoms with Gasteiger partial charge in [0.05, 0.1) is 13.2 Å². The van der Waals surface area contributed by atoms with E-state index in [9.17, 15) is 10.1 Å². The quantitative estimate of drug-likeness (QED) is 0.615. The lowest BCUT2D eigenvalue weighted by molar-refractivity contribution is -0.158. The number of ether oxygens (including phenoxy) is 2. The van der Waals surface area contributed by atoms with Crippen molar-refractivity contribution in [2.75, 3.05) is 7.11 Å². The number of nitrogens with zero attached hydrogens (tertiary/aromatic N) is 1. The zero-order valence-corrected chi connectivity index (χ0v) is 12.9. The number of rotatable bonds is 5. The maximum Gasteiger partial charge on any atom is 0.324 e. The van der Waals surface area contributed by atoms with Crippen LogP contribution in [-0.2, 0) is 9.53 Å². The molecule has 21 heavy (non-hydrogen) atoms. The number of hydrogen-bond acceptors (Lipinski definition) is 4. The molecule has 4 nitrogen and oxygen atoms in total. The lowest BCUT2D eigenvalue weighted by atomic mass is 9.86. The van der Waals surface area contributed by atoms with E-state index in [4.69, 9.17) is 9.47 Å². The molecule has 2 atom stereocenters. The maximum absolute atomic E-state index is 12.2. The summed E-state index contributed by atoms with van der Waals surface area (Å²) in [6.07, 6.45) is 1.58. The highest BCUT2D eigenvalue weighted by Crippen LogP contribution is 2.33. The van der Waals surface area contributed by atoms with Gasteiger partial charge in [-0.15, -0.1) is 6.58 Å². The Balaban J connectivity index is 3.15. The van der Waals surface area contributed by atoms with E-state index in [1.807, 2.05) is 24.3 Å². The Morgan fingerprint density at radius 1 is 1.38 bits per heavy atom. The fourth-order valence-corrected chi connectivity index (χ4v) is 2.03. The minimum Gasteiger partial charge on any atom is -0.496 e. The highest BCUT2D eigenvalue weighted by Gasteiger charge is 2.33. The Bertz CT molecular complexity index is 552. The lowest BCUT2D eigenvalue weighted by Crippen LogP contribution is -2.30. The first kappa shape index (κ1) is 16.8. The number of allylic oxidation sites excluding steroid dienone is 1. The third-order valence-corrected chi connectivity index (χ3v) is 2.91. The van der Waals surface area contributed by atoms with Gasteiger partial charge in [-0.2, -0.15) is 5.26 Å². The predicted molar refractivity (Wildman–Crippen MR) is 80.9 cm³/mol. The molecule has 0 spiro atoms. The van der Waals surface area contributed by atoms with Crippen molar-refractivity contribution >= 4 is 5.97 Å². The highest BCUT2D eigenvalue weighted by molar-refractivity contribution is 5.77. The lowest BCUT2D eigenvalue weighted by Gasteiger charge is -2.25. The summed E-state index contributed by atoms with van der Waals surface area (Å²) in [5.41, 5.74) is 0.103. The van der Waals surface area contributed by atoms with Gasteiger partial charge in [-0.05, 0) is 26.8 Å². The van der Waals surface area contributed by atoms with Crippen LogP contribution in [0.1, 0.15) is 32.3 Å². The van der Waals surface area contributed by atoms with Crippen molar-refractivity contribution in [1.29, 1.82) is 5.26 Å². The number of benzene rings is 1. The molecule has 0 aliphatic carbocycles. The Labute approximate surface area is 126 Å². The first-order chi connectivity index (χ1) is 9.84. The summed E-state index contributed by atoms with van der Waals surface area (Å²) < 4.78 is 10.6. The molecule has 0 bridgehead atoms. The Hall–Kier alpha value is -2.28. The number of nitriles is 1. The van der Waals surface area contributed by atoms with Crippen LogP contribution in [0, 0.1) is 17.2 Å². The fourth-order valence-electron chi connectivity index (χ4n) is 2.03. The molecule has 1 aromatic rings. The molecule has 0 saturated carbocycles. The van der Waals surface area contributed by atoms with Crippen LogP contribution in [0.4, 0.5) is 0 Å². The van der Waals surface area contributed by atoms with Crippen LogP contribution in [0.25, 0.3) is 0 Å². The monoisotopic (exact) mass is 287 g/mol. The van der Waals surface area contributed by atoms with Crippen LogP contribution in [0.2, 0.25) is 0 Å². The zero-order chi connectivity index (χ0) is 16.0. The topological polar surface area (TPSA) is 59.3 Å². The van der Waals surface area contributed by atoms with Gasteiger partial charge in [0, 0.05) is 11.5 Å². The van der Waals surface area contributed by atoms with E-state index in [2.05, 4.69) is 6.58 Å². The number of esters is 1. The van der Waals surface area contributed by atoms with Crippen molar-refractivity contribution in [3.05, 3.63) is 42.5 Å². The zero-order valence-electron chi connectivity index (χ0n) is 12.9. The van der Waals surface area contributed by atoms with E-state index < -0.39 is 23.4 Å². The Morgan fingerprint density at radius 2 is 2.00 bits per heavy atom. The molecule has 0 fully saturated rings. The second-order valence-corrected chi connectivity index (χ2v) is 5.64. The van der Waals surface area contributed by atoms with Gasteiger partial charge in [0.1, 0.15) is 11.4 Å². The molecule has 1 rings (SSSR count). The van der Waals surface area contributed by atoms with Crippen molar-refractivity contribution in [3.63, 3.8) is 0 Å². The van der Waals surface area contributed by atoms with Crippen LogP contribution >= 0.6 is 0 Å². The molecule has 112 valence electrons. The van der Waals surface area contributed by atoms with Crippen molar-refractivity contribution in [3.8, 4) is 11.8 Å². The summed E-state index contributed by atoms with van der Waals surface area (Å²) in [6, 6.07) is 9.29. The van der Waals surface area contributed by atoms with Crippen LogP contribution in [0.3, 0.4) is 0 Å². The first-order valence-corrected chi connectivity index (χ1v) is 6.72. The van der Waals surface area contributed by atoms with E-state index in [-0.39, 0.29) is 0 Å². The van der Waals surface area contributed by atoms with E-state index in [0.717, 1.165) is 5.56 Å². The molecule has 1 aromatic carbocycles. The molecule has 0 aliphatic heterocycles. The summed E-state index contributed by atoms with van der Waals surface area (Å²) >= 11 is 0. The second-order valence-electron chi connectivity index (χ2n) is 5.64. The molecule has 0 saturated heterocycles. The molecule has 0 radical (unpaired) electrons. The SMILES string of the molecule is C=CC(c1ccccc1OC)C(C#N)C(=O)OC(C)(C)C. The first-order valence-electron chi connectivity index (χ1n) is 6.72. The molecular weight excluding hydrogens is 266 g/mol. The van der Waals surface area contributed by atoms with E-state index in [0.29, 0.717) is 5.75 Å². The van der Waals surface area contributed by atoms with Gasteiger partial charge in [-0.1, -0.05) is 24.3 Å². The van der Waals surface area contributed by atoms with Gasteiger partial charge >= 0.3 is 5.97 Å². The van der Waals surface area contributed by atoms with Gasteiger partial charge in [0.2, 0.25) is 0 Å². The standard InChI is InChI=1S/C17H21NO3/c1-6-12(13-9-7-8-10-15(13)20-5)14(11-18)16(19)21-17(2,3)4/h6-10,12,14H,1H2,2-5H3. The molecule has 0 N–H and O–H groups in total. The molecule has 0 amide bonds. The van der Waals surface area contributed by atoms with Gasteiger partial charge in [-0.3, -0.25) is 4.79 Å². The van der Waals surface area contributed by atoms with Crippen LogP contribution in [0.5, 0.6) is 5.75 Å². The third-order valence-electron chi connectivity index (χ3n) is 2.91. The summed E-state index contributed by atoms with van der Waals surface area (Å²) in [6.45, 7) is 9.05. The largest absolute Gasteiger partial charge is 0.496 e. The van der Waals surface area contributed by atoms with Gasteiger partial charge in [0.15, 0.2) is 5.92 Å². The van der Waals surface area contributed by atoms with Gasteiger partial charge in [-0.25, -0.2) is 0 Å². The van der Waals surface area contributed by atoms with Crippen molar-refractivity contribution in [2.45, 2.75) is 32.3 Å². The van der Waals surface area contributed by atoms with Crippen molar-refractivity contribution in [1.82, 2.24) is 0 Å². The smallest absolute Gasteiger partial charge is 0.324 e. The minimum atomic E-state index is -0.960. The number of carbonyl (C=O) groups excluding carboxylic acids is 1. The average Bonchev–Trinajstić information content (AvgIpc) is 2.42. The molecule has 4 heteroatoms. The number of para-hydroxylation sites is 1. The minimum absolute atomic E-state index is 0.485. The predicted octanol–water partition coefficient (Wildman–Crippen LogP) is 3.45. The summed E-state index contributed by atoms with van der Waals surface area (Å²) in [5.74, 6) is -1.38. The van der Waals surface area contributed by atoms with Gasteiger partial charge < -0.3 is 9.47 Å². The molecular formula is C17H21NO3. The highest BCUT2D eigenvalue weighted by atomic mass is 16.6. The van der Waals surface area contributed by atoms with E-state index in [1.54, 1.807) is 40.0 Å². The second kappa shape index (κ2) is 6.94. The molecule has 0 aromatic heterocycles. The number of carbonyl (C=O) groups is 1. The number of hydrogen-bond donors (Lipinski definition) is 0. The maximum atomic E-state index is 12.2. The fraction of sp³-hybridized carbons (Fsp3) is 0.412. The van der Waals surface area contributed by atoms with Crippen molar-refractivity contribution < 1.29 is 14.3 Å².